The number of carbonyl (C=O) groups is 2. The van der Waals surface area contributed by atoms with Crippen molar-refractivity contribution in [1.82, 2.24) is 29.2 Å². The first-order chi connectivity index (χ1) is 43.9. The van der Waals surface area contributed by atoms with Crippen molar-refractivity contribution in [2.24, 2.45) is 0 Å². The van der Waals surface area contributed by atoms with E-state index in [9.17, 15) is 19.2 Å². The van der Waals surface area contributed by atoms with Crippen LogP contribution in [0.5, 0.6) is 40.2 Å². The third-order valence-corrected chi connectivity index (χ3v) is 15.5. The predicted octanol–water partition coefficient (Wildman–Crippen LogP) is 15.9. The minimum absolute atomic E-state index is 0.0372. The number of hydrogen-bond acceptors (Lipinski definition) is 14. The number of fused-ring (bicyclic) bond motifs is 2. The van der Waals surface area contributed by atoms with E-state index in [2.05, 4.69) is 85.8 Å². The predicted molar refractivity (Wildman–Crippen MR) is 365 cm³/mol. The van der Waals surface area contributed by atoms with Gasteiger partial charge in [0.05, 0.1) is 30.1 Å². The van der Waals surface area contributed by atoms with E-state index in [-0.39, 0.29) is 70.2 Å². The summed E-state index contributed by atoms with van der Waals surface area (Å²) in [6, 6.07) is 54.6. The zero-order valence-electron chi connectivity index (χ0n) is 52.3. The number of benzene rings is 7. The van der Waals surface area contributed by atoms with Gasteiger partial charge < -0.3 is 38.1 Å². The van der Waals surface area contributed by atoms with Crippen LogP contribution < -0.4 is 30.8 Å². The summed E-state index contributed by atoms with van der Waals surface area (Å²) in [7, 11) is -0.343. The van der Waals surface area contributed by atoms with Crippen molar-refractivity contribution in [3.05, 3.63) is 257 Å². The van der Waals surface area contributed by atoms with E-state index in [4.69, 9.17) is 49.7 Å². The summed E-state index contributed by atoms with van der Waals surface area (Å²) in [5.41, 5.74) is 5.63. The molecule has 1 aliphatic rings. The van der Waals surface area contributed by atoms with E-state index in [0.717, 1.165) is 81.6 Å². The van der Waals surface area contributed by atoms with Crippen LogP contribution in [0.25, 0.3) is 22.6 Å². The van der Waals surface area contributed by atoms with Gasteiger partial charge >= 0.3 is 19.1 Å². The topological polar surface area (TPSA) is 219 Å². The molecule has 0 saturated carbocycles. The summed E-state index contributed by atoms with van der Waals surface area (Å²) in [5, 5.41) is 14.4. The molecule has 0 radical (unpaired) electrons. The first-order valence-electron chi connectivity index (χ1n) is 29.1. The Hall–Kier alpha value is -9.25. The maximum Gasteiger partial charge on any atom is 0.494 e. The van der Waals surface area contributed by atoms with Gasteiger partial charge in [0, 0.05) is 39.0 Å². The molecular weight excluding hydrogens is 1320 g/mol. The Morgan fingerprint density at radius 3 is 1.39 bits per heavy atom. The fraction of sp³-hybridized carbons (Fsp3) is 0.200. The van der Waals surface area contributed by atoms with Crippen LogP contribution in [0.4, 0.5) is 0 Å². The number of aromatic hydroxyl groups is 1. The summed E-state index contributed by atoms with van der Waals surface area (Å²) in [5.74, 6) is 4.16. The summed E-state index contributed by atoms with van der Waals surface area (Å²) in [6.45, 7) is 20.0. The standard InChI is InChI=1S/C22H19N3O4.C19H23BO3.C13H11BrO.C9H8ClN3O3.C7H7BrO/c1-3-28-22(27)17-13-23-25-20(26)12-18(24-21(17)25)15-9-10-19(14(2)11-15)29-16-7-5-4-6-8-16;1-14-13-15(20-22-18(2,3)19(4,5)23-20)11-12-17(14)21-16-9-7-6-8-10-16;1-10-9-11(14)7-8-13(10)15-12-5-3-2-4-6-12;1-2-16-9(15)5-4-11-13-7(14)3-6(10)12-8(5)13;1-5-4-6(8)2-3-7(5)9/h4-13,23H,3H2,1-2H3;6-13H,1-5H3;2-9H,1H3;3-4,11H,2H2,1H3;2-4,9H,1H3. The van der Waals surface area contributed by atoms with Crippen molar-refractivity contribution in [3.63, 3.8) is 0 Å². The van der Waals surface area contributed by atoms with Gasteiger partial charge in [0.25, 0.3) is 11.1 Å². The molecule has 3 N–H and O–H groups in total. The molecule has 1 saturated heterocycles. The van der Waals surface area contributed by atoms with E-state index in [0.29, 0.717) is 17.2 Å². The highest BCUT2D eigenvalue weighted by atomic mass is 79.9. The lowest BCUT2D eigenvalue weighted by Gasteiger charge is -2.32. The number of aromatic amines is 2. The van der Waals surface area contributed by atoms with Gasteiger partial charge in [-0.2, -0.15) is 0 Å². The van der Waals surface area contributed by atoms with Crippen LogP contribution in [0.3, 0.4) is 0 Å². The number of phenols is 1. The van der Waals surface area contributed by atoms with E-state index in [1.54, 1.807) is 19.9 Å². The van der Waals surface area contributed by atoms with Gasteiger partial charge in [-0.05, 0) is 194 Å². The highest BCUT2D eigenvalue weighted by Crippen LogP contribution is 2.37. The van der Waals surface area contributed by atoms with E-state index < -0.39 is 11.9 Å². The highest BCUT2D eigenvalue weighted by Gasteiger charge is 2.51. The number of ether oxygens (including phenoxy) is 5. The van der Waals surface area contributed by atoms with Gasteiger partial charge in [-0.25, -0.2) is 28.6 Å². The molecule has 1 fully saturated rings. The van der Waals surface area contributed by atoms with Gasteiger partial charge in [0.1, 0.15) is 56.5 Å². The Kier molecular flexibility index (Phi) is 23.3. The number of para-hydroxylation sites is 3. The molecule has 22 heteroatoms. The fourth-order valence-corrected chi connectivity index (χ4v) is 9.95. The van der Waals surface area contributed by atoms with E-state index in [1.165, 1.54) is 23.0 Å². The molecule has 0 atom stereocenters. The molecule has 0 spiro atoms. The van der Waals surface area contributed by atoms with Crippen LogP contribution in [0.1, 0.15) is 84.5 Å². The normalized spacial score (nSPS) is 12.6. The molecule has 1 aliphatic heterocycles. The zero-order valence-corrected chi connectivity index (χ0v) is 56.2. The number of nitrogens with zero attached hydrogens (tertiary/aromatic N) is 4. The van der Waals surface area contributed by atoms with Gasteiger partial charge in [0.15, 0.2) is 11.3 Å². The SMILES string of the molecule is CCOC(=O)c1c[nH]n2c(=O)cc(-c3ccc(Oc4ccccc4)c(C)c3)nc12.CCOC(=O)c1c[nH]n2c(=O)cc(Cl)nc12.Cc1cc(B2OC(C)(C)C(C)(C)O2)ccc1Oc1ccccc1.Cc1cc(Br)ccc1O.Cc1cc(Br)ccc1Oc1ccccc1. The number of phenolic OH excluding ortho intramolecular Hbond substituents is 1. The number of hydrogen-bond donors (Lipinski definition) is 3. The van der Waals surface area contributed by atoms with Gasteiger partial charge in [-0.15, -0.1) is 0 Å². The number of halogens is 3. The van der Waals surface area contributed by atoms with Crippen molar-refractivity contribution in [3.8, 4) is 51.5 Å². The van der Waals surface area contributed by atoms with Crippen LogP contribution in [0, 0.1) is 27.7 Å². The minimum Gasteiger partial charge on any atom is -0.508 e. The largest absolute Gasteiger partial charge is 0.508 e. The summed E-state index contributed by atoms with van der Waals surface area (Å²) >= 11 is 12.4. The Labute approximate surface area is 554 Å². The number of esters is 2. The molecule has 0 aliphatic carbocycles. The molecule has 18 nitrogen and oxygen atoms in total. The number of carbonyl (C=O) groups excluding carboxylic acids is 2. The molecule has 7 aromatic carbocycles. The molecule has 4 aromatic heterocycles. The van der Waals surface area contributed by atoms with Crippen LogP contribution in [0.2, 0.25) is 5.15 Å². The van der Waals surface area contributed by atoms with Crippen LogP contribution >= 0.6 is 43.5 Å². The quantitative estimate of drug-likeness (QED) is 0.0589. The molecule has 0 bridgehead atoms. The number of H-pyrrole nitrogens is 2. The van der Waals surface area contributed by atoms with Crippen molar-refractivity contribution in [2.45, 2.75) is 80.4 Å². The molecule has 11 aromatic rings. The molecule has 12 rings (SSSR count). The van der Waals surface area contributed by atoms with Crippen LogP contribution in [0.15, 0.2) is 207 Å². The van der Waals surface area contributed by atoms with Crippen LogP contribution in [-0.2, 0) is 18.8 Å². The lowest BCUT2D eigenvalue weighted by atomic mass is 9.78. The number of aryl methyl sites for hydroxylation is 4. The third kappa shape index (κ3) is 17.8. The van der Waals surface area contributed by atoms with Crippen molar-refractivity contribution in [2.75, 3.05) is 13.2 Å². The molecule has 0 amide bonds. The van der Waals surface area contributed by atoms with Gasteiger partial charge in [-0.3, -0.25) is 19.8 Å². The second kappa shape index (κ2) is 31.2. The van der Waals surface area contributed by atoms with Crippen LogP contribution in [-0.4, -0.2) is 77.8 Å². The van der Waals surface area contributed by atoms with Gasteiger partial charge in [0.2, 0.25) is 0 Å². The Bertz CT molecular complexity index is 4450. The summed E-state index contributed by atoms with van der Waals surface area (Å²) in [6.07, 6.45) is 2.78. The Balaban J connectivity index is 0.000000155. The molecule has 92 heavy (non-hydrogen) atoms. The highest BCUT2D eigenvalue weighted by molar-refractivity contribution is 9.10. The summed E-state index contributed by atoms with van der Waals surface area (Å²) in [4.78, 5) is 56.0. The lowest BCUT2D eigenvalue weighted by Crippen LogP contribution is -2.41. The Morgan fingerprint density at radius 1 is 0.543 bits per heavy atom. The average Bonchev–Trinajstić information content (AvgIpc) is 1.62. The maximum atomic E-state index is 12.5. The molecule has 5 heterocycles. The minimum atomic E-state index is -0.546. The molecule has 474 valence electrons. The van der Waals surface area contributed by atoms with E-state index >= 15 is 0 Å². The first kappa shape index (κ1) is 68.7. The molecule has 0 unspecified atom stereocenters. The summed E-state index contributed by atoms with van der Waals surface area (Å²) < 4.78 is 44.0. The average molecular weight is 1390 g/mol. The van der Waals surface area contributed by atoms with Crippen molar-refractivity contribution < 1.29 is 47.7 Å². The second-order valence-corrected chi connectivity index (χ2v) is 23.9. The second-order valence-electron chi connectivity index (χ2n) is 21.7. The monoisotopic (exact) mass is 1390 g/mol. The van der Waals surface area contributed by atoms with Crippen molar-refractivity contribution >= 4 is 79.3 Å². The smallest absolute Gasteiger partial charge is 0.494 e. The first-order valence-corrected chi connectivity index (χ1v) is 31.1. The van der Waals surface area contributed by atoms with Gasteiger partial charge in [-0.1, -0.05) is 110 Å². The number of aromatic nitrogens is 6. The lowest BCUT2D eigenvalue weighted by molar-refractivity contribution is 0.00578. The third-order valence-electron chi connectivity index (χ3n) is 14.4. The maximum absolute atomic E-state index is 12.5. The van der Waals surface area contributed by atoms with Crippen molar-refractivity contribution in [1.29, 1.82) is 0 Å². The van der Waals surface area contributed by atoms with E-state index in [1.807, 2.05) is 179 Å². The Morgan fingerprint density at radius 2 is 0.957 bits per heavy atom. The number of rotatable bonds is 12. The molecular formula is C70H68BBr2ClN6O12. The zero-order chi connectivity index (χ0) is 66.3. The fourth-order valence-electron chi connectivity index (χ4n) is 8.83. The number of nitrogens with one attached hydrogen (secondary N) is 2.